The standard InChI is InChI=1S/C20H20Cl2FN3O3/c21-12-1-3-13(4-2-12)26-20(28)18-8-5-14(10-24-18)25-19(27)11-29-15-6-7-16(22)17(23)9-15/h1-4,6-7,9,14,18,24H,5,8,10-11H2,(H,25,27)(H,26,28)/t14-,18+/m0/s1. The van der Waals surface area contributed by atoms with E-state index in [0.29, 0.717) is 30.1 Å². The normalized spacial score (nSPS) is 18.7. The lowest BCUT2D eigenvalue weighted by Gasteiger charge is -2.29. The summed E-state index contributed by atoms with van der Waals surface area (Å²) in [6.45, 7) is 0.220. The molecule has 0 unspecified atom stereocenters. The molecule has 29 heavy (non-hydrogen) atoms. The van der Waals surface area contributed by atoms with E-state index >= 15 is 0 Å². The first-order chi connectivity index (χ1) is 13.9. The molecule has 1 aliphatic rings. The number of amides is 2. The van der Waals surface area contributed by atoms with Gasteiger partial charge >= 0.3 is 0 Å². The summed E-state index contributed by atoms with van der Waals surface area (Å²) in [4.78, 5) is 24.4. The second-order valence-corrected chi connectivity index (χ2v) is 7.51. The molecule has 154 valence electrons. The first-order valence-corrected chi connectivity index (χ1v) is 9.83. The Morgan fingerprint density at radius 3 is 2.55 bits per heavy atom. The minimum Gasteiger partial charge on any atom is -0.484 e. The lowest BCUT2D eigenvalue weighted by molar-refractivity contribution is -0.124. The minimum atomic E-state index is -0.607. The summed E-state index contributed by atoms with van der Waals surface area (Å²) >= 11 is 11.4. The molecule has 3 rings (SSSR count). The van der Waals surface area contributed by atoms with Crippen LogP contribution in [-0.2, 0) is 9.59 Å². The third-order valence-electron chi connectivity index (χ3n) is 4.47. The van der Waals surface area contributed by atoms with Crippen molar-refractivity contribution >= 4 is 40.7 Å². The largest absolute Gasteiger partial charge is 0.484 e. The fourth-order valence-corrected chi connectivity index (χ4v) is 3.19. The molecule has 1 fully saturated rings. The lowest BCUT2D eigenvalue weighted by atomic mass is 10.00. The maximum Gasteiger partial charge on any atom is 0.258 e. The Bertz CT molecular complexity index is 872. The van der Waals surface area contributed by atoms with Crippen LogP contribution < -0.4 is 20.7 Å². The highest BCUT2D eigenvalue weighted by molar-refractivity contribution is 6.31. The number of rotatable bonds is 6. The average molecular weight is 440 g/mol. The number of halogens is 3. The number of benzene rings is 2. The summed E-state index contributed by atoms with van der Waals surface area (Å²) in [7, 11) is 0. The van der Waals surface area contributed by atoms with Crippen LogP contribution in [0.3, 0.4) is 0 Å². The van der Waals surface area contributed by atoms with Crippen LogP contribution in [0.2, 0.25) is 10.0 Å². The summed E-state index contributed by atoms with van der Waals surface area (Å²) in [5.74, 6) is -0.840. The van der Waals surface area contributed by atoms with Crippen molar-refractivity contribution in [2.45, 2.75) is 24.9 Å². The molecule has 0 radical (unpaired) electrons. The van der Waals surface area contributed by atoms with E-state index in [0.717, 1.165) is 6.07 Å². The number of nitrogens with one attached hydrogen (secondary N) is 3. The van der Waals surface area contributed by atoms with Gasteiger partial charge in [0.15, 0.2) is 6.61 Å². The van der Waals surface area contributed by atoms with Crippen molar-refractivity contribution in [2.75, 3.05) is 18.5 Å². The van der Waals surface area contributed by atoms with Gasteiger partial charge in [0.25, 0.3) is 5.91 Å². The summed E-state index contributed by atoms with van der Waals surface area (Å²) in [6.07, 6.45) is 1.22. The second kappa shape index (κ2) is 9.91. The van der Waals surface area contributed by atoms with E-state index in [-0.39, 0.29) is 41.3 Å². The minimum absolute atomic E-state index is 0.00950. The molecule has 3 N–H and O–H groups in total. The number of hydrogen-bond acceptors (Lipinski definition) is 4. The Labute approximate surface area is 177 Å². The van der Waals surface area contributed by atoms with Gasteiger partial charge in [-0.1, -0.05) is 23.2 Å². The SMILES string of the molecule is O=C(COc1ccc(Cl)c(F)c1)N[C@H]1CC[C@H](C(=O)Nc2ccc(Cl)cc2)NC1. The summed E-state index contributed by atoms with van der Waals surface area (Å²) < 4.78 is 18.6. The van der Waals surface area contributed by atoms with Gasteiger partial charge in [-0.15, -0.1) is 0 Å². The van der Waals surface area contributed by atoms with Crippen molar-refractivity contribution < 1.29 is 18.7 Å². The van der Waals surface area contributed by atoms with Crippen LogP contribution in [0.25, 0.3) is 0 Å². The lowest BCUT2D eigenvalue weighted by Crippen LogP contribution is -2.53. The van der Waals surface area contributed by atoms with Crippen LogP contribution in [0, 0.1) is 5.82 Å². The first-order valence-electron chi connectivity index (χ1n) is 9.08. The molecule has 0 saturated carbocycles. The Balaban J connectivity index is 1.39. The molecule has 1 aliphatic heterocycles. The van der Waals surface area contributed by atoms with Gasteiger partial charge in [0.1, 0.15) is 11.6 Å². The fourth-order valence-electron chi connectivity index (χ4n) is 2.95. The molecule has 1 heterocycles. The van der Waals surface area contributed by atoms with Crippen molar-refractivity contribution in [3.05, 3.63) is 58.3 Å². The molecule has 2 amide bonds. The van der Waals surface area contributed by atoms with Crippen molar-refractivity contribution in [1.29, 1.82) is 0 Å². The smallest absolute Gasteiger partial charge is 0.258 e. The van der Waals surface area contributed by atoms with Gasteiger partial charge in [0.05, 0.1) is 11.1 Å². The van der Waals surface area contributed by atoms with E-state index in [1.54, 1.807) is 24.3 Å². The molecule has 0 bridgehead atoms. The fraction of sp³-hybridized carbons (Fsp3) is 0.300. The van der Waals surface area contributed by atoms with Gasteiger partial charge in [-0.3, -0.25) is 9.59 Å². The summed E-state index contributed by atoms with van der Waals surface area (Å²) in [5, 5.41) is 9.40. The summed E-state index contributed by atoms with van der Waals surface area (Å²) in [6, 6.07) is 10.4. The summed E-state index contributed by atoms with van der Waals surface area (Å²) in [5.41, 5.74) is 0.674. The zero-order valence-electron chi connectivity index (χ0n) is 15.4. The zero-order valence-corrected chi connectivity index (χ0v) is 16.9. The van der Waals surface area contributed by atoms with E-state index in [2.05, 4.69) is 16.0 Å². The van der Waals surface area contributed by atoms with Gasteiger partial charge in [-0.05, 0) is 49.2 Å². The van der Waals surface area contributed by atoms with Crippen LogP contribution in [0.4, 0.5) is 10.1 Å². The van der Waals surface area contributed by atoms with E-state index in [9.17, 15) is 14.0 Å². The highest BCUT2D eigenvalue weighted by Crippen LogP contribution is 2.20. The molecular weight excluding hydrogens is 420 g/mol. The molecule has 0 aromatic heterocycles. The number of piperidine rings is 1. The monoisotopic (exact) mass is 439 g/mol. The van der Waals surface area contributed by atoms with Crippen molar-refractivity contribution in [3.8, 4) is 5.75 Å². The maximum atomic E-state index is 13.4. The van der Waals surface area contributed by atoms with Crippen molar-refractivity contribution in [3.63, 3.8) is 0 Å². The van der Waals surface area contributed by atoms with Crippen molar-refractivity contribution in [1.82, 2.24) is 10.6 Å². The topological polar surface area (TPSA) is 79.5 Å². The highest BCUT2D eigenvalue weighted by atomic mass is 35.5. The van der Waals surface area contributed by atoms with Gasteiger partial charge in [0, 0.05) is 29.4 Å². The Kier molecular flexibility index (Phi) is 7.30. The van der Waals surface area contributed by atoms with Gasteiger partial charge in [-0.2, -0.15) is 0 Å². The van der Waals surface area contributed by atoms with E-state index < -0.39 is 5.82 Å². The molecule has 6 nitrogen and oxygen atoms in total. The van der Waals surface area contributed by atoms with Crippen LogP contribution >= 0.6 is 23.2 Å². The first kappa shape index (κ1) is 21.4. The molecule has 2 aromatic rings. The van der Waals surface area contributed by atoms with E-state index in [4.69, 9.17) is 27.9 Å². The predicted octanol–water partition coefficient (Wildman–Crippen LogP) is 3.39. The molecule has 1 saturated heterocycles. The van der Waals surface area contributed by atoms with E-state index in [1.807, 2.05) is 0 Å². The Hall–Kier alpha value is -2.35. The van der Waals surface area contributed by atoms with Crippen LogP contribution in [0.1, 0.15) is 12.8 Å². The van der Waals surface area contributed by atoms with Gasteiger partial charge in [-0.25, -0.2) is 4.39 Å². The predicted molar refractivity (Wildman–Crippen MR) is 110 cm³/mol. The zero-order chi connectivity index (χ0) is 20.8. The van der Waals surface area contributed by atoms with Crippen LogP contribution in [0.15, 0.2) is 42.5 Å². The number of hydrogen-bond donors (Lipinski definition) is 3. The Morgan fingerprint density at radius 1 is 1.14 bits per heavy atom. The molecule has 0 aliphatic carbocycles. The molecule has 0 spiro atoms. The number of carbonyl (C=O) groups excluding carboxylic acids is 2. The molecule has 9 heteroatoms. The van der Waals surface area contributed by atoms with Crippen LogP contribution in [0.5, 0.6) is 5.75 Å². The van der Waals surface area contributed by atoms with E-state index in [1.165, 1.54) is 12.1 Å². The Morgan fingerprint density at radius 2 is 1.90 bits per heavy atom. The third-order valence-corrected chi connectivity index (χ3v) is 5.03. The number of ether oxygens (including phenoxy) is 1. The molecule has 2 atom stereocenters. The molecular formula is C20H20Cl2FN3O3. The van der Waals surface area contributed by atoms with Gasteiger partial charge in [0.2, 0.25) is 5.91 Å². The van der Waals surface area contributed by atoms with Gasteiger partial charge < -0.3 is 20.7 Å². The molecule has 2 aromatic carbocycles. The maximum absolute atomic E-state index is 13.4. The third kappa shape index (κ3) is 6.32. The van der Waals surface area contributed by atoms with Crippen LogP contribution in [-0.4, -0.2) is 37.0 Å². The number of anilines is 1. The second-order valence-electron chi connectivity index (χ2n) is 6.66. The average Bonchev–Trinajstić information content (AvgIpc) is 2.71. The highest BCUT2D eigenvalue weighted by Gasteiger charge is 2.26. The quantitative estimate of drug-likeness (QED) is 0.644. The van der Waals surface area contributed by atoms with Crippen molar-refractivity contribution in [2.24, 2.45) is 0 Å². The number of carbonyl (C=O) groups is 2.